The Bertz CT molecular complexity index is 352. The predicted molar refractivity (Wildman–Crippen MR) is 41.8 cm³/mol. The van der Waals surface area contributed by atoms with Gasteiger partial charge in [0.2, 0.25) is 0 Å². The van der Waals surface area contributed by atoms with E-state index in [4.69, 9.17) is 10.0 Å². The third-order valence-electron chi connectivity index (χ3n) is 1.48. The zero-order valence-electron chi connectivity index (χ0n) is 6.39. The van der Waals surface area contributed by atoms with Gasteiger partial charge in [0, 0.05) is 12.3 Å². The largest absolute Gasteiger partial charge is 0.488 e. The van der Waals surface area contributed by atoms with Gasteiger partial charge >= 0.3 is 13.7 Å². The Morgan fingerprint density at radius 3 is 2.46 bits per heavy atom. The fourth-order valence-electron chi connectivity index (χ4n) is 0.827. The van der Waals surface area contributed by atoms with Gasteiger partial charge in [0.05, 0.1) is 0 Å². The number of hydrogen-bond donors (Lipinski definition) is 2. The molecule has 7 heteroatoms. The van der Waals surface area contributed by atoms with E-state index in [1.54, 1.807) is 0 Å². The van der Waals surface area contributed by atoms with Crippen molar-refractivity contribution in [3.8, 4) is 0 Å². The van der Waals surface area contributed by atoms with Crippen LogP contribution in [0, 0.1) is 0 Å². The highest BCUT2D eigenvalue weighted by atomic mass is 19.3. The van der Waals surface area contributed by atoms with Crippen LogP contribution in [0.25, 0.3) is 0 Å². The van der Waals surface area contributed by atoms with Gasteiger partial charge in [0.25, 0.3) is 5.56 Å². The van der Waals surface area contributed by atoms with E-state index >= 15 is 0 Å². The molecular formula is C6H6BF2NO3. The summed E-state index contributed by atoms with van der Waals surface area (Å²) in [5.74, 6) is 0. The molecule has 1 aromatic rings. The van der Waals surface area contributed by atoms with Gasteiger partial charge in [-0.05, 0) is 11.5 Å². The van der Waals surface area contributed by atoms with Crippen molar-refractivity contribution in [1.82, 2.24) is 4.57 Å². The second-order valence-corrected chi connectivity index (χ2v) is 2.36. The first-order valence-electron chi connectivity index (χ1n) is 3.38. The lowest BCUT2D eigenvalue weighted by Crippen LogP contribution is -2.35. The molecule has 0 unspecified atom stereocenters. The van der Waals surface area contributed by atoms with Crippen LogP contribution in [0.3, 0.4) is 0 Å². The van der Waals surface area contributed by atoms with Gasteiger partial charge < -0.3 is 10.0 Å². The van der Waals surface area contributed by atoms with Crippen molar-refractivity contribution in [3.63, 3.8) is 0 Å². The van der Waals surface area contributed by atoms with Crippen LogP contribution in [0.4, 0.5) is 8.78 Å². The van der Waals surface area contributed by atoms with Crippen LogP contribution >= 0.6 is 0 Å². The monoisotopic (exact) mass is 189 g/mol. The highest BCUT2D eigenvalue weighted by molar-refractivity contribution is 6.58. The van der Waals surface area contributed by atoms with Gasteiger partial charge in [-0.2, -0.15) is 8.78 Å². The van der Waals surface area contributed by atoms with Crippen LogP contribution in [0.1, 0.15) is 6.55 Å². The molecule has 4 nitrogen and oxygen atoms in total. The van der Waals surface area contributed by atoms with E-state index in [1.165, 1.54) is 0 Å². The lowest BCUT2D eigenvalue weighted by molar-refractivity contribution is 0.0664. The van der Waals surface area contributed by atoms with E-state index in [1.807, 2.05) is 0 Å². The second kappa shape index (κ2) is 3.67. The quantitative estimate of drug-likeness (QED) is 0.581. The minimum absolute atomic E-state index is 0.109. The van der Waals surface area contributed by atoms with Crippen LogP contribution in [0.5, 0.6) is 0 Å². The summed E-state index contributed by atoms with van der Waals surface area (Å²) in [6.07, 6.45) is 0.807. The van der Waals surface area contributed by atoms with Gasteiger partial charge in [-0.15, -0.1) is 0 Å². The third-order valence-corrected chi connectivity index (χ3v) is 1.48. The number of nitrogens with zero attached hydrogens (tertiary/aromatic N) is 1. The summed E-state index contributed by atoms with van der Waals surface area (Å²) >= 11 is 0. The molecule has 0 aliphatic heterocycles. The van der Waals surface area contributed by atoms with Crippen molar-refractivity contribution in [3.05, 3.63) is 28.7 Å². The molecule has 0 amide bonds. The number of alkyl halides is 2. The number of pyridine rings is 1. The molecule has 0 saturated carbocycles. The van der Waals surface area contributed by atoms with Crippen molar-refractivity contribution in [2.75, 3.05) is 0 Å². The molecule has 0 radical (unpaired) electrons. The van der Waals surface area contributed by atoms with Crippen molar-refractivity contribution in [2.24, 2.45) is 0 Å². The summed E-state index contributed by atoms with van der Waals surface area (Å²) in [5, 5.41) is 17.2. The lowest BCUT2D eigenvalue weighted by atomic mass is 9.81. The maximum Gasteiger partial charge on any atom is 0.488 e. The number of aromatic nitrogens is 1. The smallest absolute Gasteiger partial charge is 0.423 e. The maximum atomic E-state index is 12.0. The number of halogens is 2. The Morgan fingerprint density at radius 2 is 2.08 bits per heavy atom. The van der Waals surface area contributed by atoms with Crippen molar-refractivity contribution in [1.29, 1.82) is 0 Å². The molecule has 1 heterocycles. The third kappa shape index (κ3) is 2.13. The molecule has 0 aliphatic carbocycles. The Labute approximate surface area is 72.2 Å². The molecule has 70 valence electrons. The molecule has 0 bridgehead atoms. The summed E-state index contributed by atoms with van der Waals surface area (Å²) < 4.78 is 24.2. The molecule has 0 saturated heterocycles. The van der Waals surface area contributed by atoms with Crippen LogP contribution < -0.4 is 11.0 Å². The highest BCUT2D eigenvalue weighted by Crippen LogP contribution is 2.03. The molecule has 0 aliphatic rings. The Kier molecular flexibility index (Phi) is 2.79. The average molecular weight is 189 g/mol. The molecular weight excluding hydrogens is 183 g/mol. The predicted octanol–water partition coefficient (Wildman–Crippen LogP) is -1.08. The van der Waals surface area contributed by atoms with Crippen molar-refractivity contribution in [2.45, 2.75) is 6.55 Å². The molecule has 1 aromatic heterocycles. The van der Waals surface area contributed by atoms with Crippen LogP contribution in [-0.2, 0) is 0 Å². The summed E-state index contributed by atoms with van der Waals surface area (Å²) in [4.78, 5) is 10.8. The van der Waals surface area contributed by atoms with Crippen LogP contribution in [0.15, 0.2) is 23.1 Å². The van der Waals surface area contributed by atoms with Crippen molar-refractivity contribution < 1.29 is 18.8 Å². The zero-order valence-corrected chi connectivity index (χ0v) is 6.39. The van der Waals surface area contributed by atoms with Crippen molar-refractivity contribution >= 4 is 12.6 Å². The van der Waals surface area contributed by atoms with E-state index in [-0.39, 0.29) is 10.0 Å². The number of rotatable bonds is 2. The first-order chi connectivity index (χ1) is 6.02. The number of hydrogen-bond acceptors (Lipinski definition) is 3. The minimum atomic E-state index is -2.92. The van der Waals surface area contributed by atoms with Gasteiger partial charge in [-0.3, -0.25) is 9.36 Å². The fraction of sp³-hybridized carbons (Fsp3) is 0.167. The zero-order chi connectivity index (χ0) is 10.0. The lowest BCUT2D eigenvalue weighted by Gasteiger charge is -2.04. The molecule has 13 heavy (non-hydrogen) atoms. The summed E-state index contributed by atoms with van der Waals surface area (Å²) in [5.41, 5.74) is -1.08. The van der Waals surface area contributed by atoms with Gasteiger partial charge in [0.15, 0.2) is 0 Å². The molecule has 0 aromatic carbocycles. The van der Waals surface area contributed by atoms with Gasteiger partial charge in [0.1, 0.15) is 0 Å². The summed E-state index contributed by atoms with van der Waals surface area (Å²) in [6.45, 7) is -2.92. The van der Waals surface area contributed by atoms with Crippen LogP contribution in [-0.4, -0.2) is 21.7 Å². The van der Waals surface area contributed by atoms with Gasteiger partial charge in [-0.1, -0.05) is 0 Å². The maximum absolute atomic E-state index is 12.0. The van der Waals surface area contributed by atoms with Gasteiger partial charge in [-0.25, -0.2) is 0 Å². The topological polar surface area (TPSA) is 62.5 Å². The molecule has 1 rings (SSSR count). The Morgan fingerprint density at radius 1 is 1.46 bits per heavy atom. The molecule has 0 atom stereocenters. The molecule has 0 spiro atoms. The molecule has 0 fully saturated rings. The normalized spacial score (nSPS) is 10.5. The van der Waals surface area contributed by atoms with E-state index in [0.717, 1.165) is 18.3 Å². The minimum Gasteiger partial charge on any atom is -0.423 e. The SMILES string of the molecule is O=c1cc(B(O)O)ccn1C(F)F. The van der Waals surface area contributed by atoms with E-state index in [0.29, 0.717) is 0 Å². The average Bonchev–Trinajstić information content (AvgIpc) is 2.03. The first-order valence-corrected chi connectivity index (χ1v) is 3.38. The second-order valence-electron chi connectivity index (χ2n) is 2.36. The molecule has 2 N–H and O–H groups in total. The summed E-state index contributed by atoms with van der Waals surface area (Å²) in [7, 11) is -1.82. The first kappa shape index (κ1) is 9.88. The fourth-order valence-corrected chi connectivity index (χ4v) is 0.827. The highest BCUT2D eigenvalue weighted by Gasteiger charge is 2.14. The van der Waals surface area contributed by atoms with E-state index < -0.39 is 19.2 Å². The Balaban J connectivity index is 3.14. The van der Waals surface area contributed by atoms with Crippen LogP contribution in [0.2, 0.25) is 0 Å². The van der Waals surface area contributed by atoms with E-state index in [9.17, 15) is 13.6 Å². The summed E-state index contributed by atoms with van der Waals surface area (Å²) in [6, 6.07) is 1.79. The Hall–Kier alpha value is -1.21. The van der Waals surface area contributed by atoms with E-state index in [2.05, 4.69) is 0 Å². The standard InChI is InChI=1S/C6H6BF2NO3/c8-6(9)10-2-1-4(7(12)13)3-5(10)11/h1-3,6,12-13H.